The summed E-state index contributed by atoms with van der Waals surface area (Å²) in [7, 11) is -4.62. The Hall–Kier alpha value is -1.55. The molecule has 0 fully saturated rings. The van der Waals surface area contributed by atoms with E-state index in [9.17, 15) is 24.2 Å². The van der Waals surface area contributed by atoms with Gasteiger partial charge in [-0.25, -0.2) is 4.57 Å². The SMILES string of the molecule is CCCC/C=C/C/C=C/CCCCCCCC(=O)O[C@H](COC(=O)CCCCCCCCCCCCCCCCCCC)COP(=O)(O)OC[C@@H](O)CO. The lowest BCUT2D eigenvalue weighted by Crippen LogP contribution is -2.29. The second-order valence-electron chi connectivity index (χ2n) is 14.7. The number of hydrogen-bond acceptors (Lipinski definition) is 9. The molecule has 0 rings (SSSR count). The largest absolute Gasteiger partial charge is 0.472 e. The lowest BCUT2D eigenvalue weighted by Gasteiger charge is -2.20. The molecular weight excluding hydrogens is 707 g/mol. The predicted octanol–water partition coefficient (Wildman–Crippen LogP) is 11.4. The molecule has 3 N–H and O–H groups in total. The molecule has 0 saturated heterocycles. The summed E-state index contributed by atoms with van der Waals surface area (Å²) in [5.74, 6) is -0.933. The summed E-state index contributed by atoms with van der Waals surface area (Å²) >= 11 is 0. The van der Waals surface area contributed by atoms with E-state index in [2.05, 4.69) is 42.7 Å². The van der Waals surface area contributed by atoms with Gasteiger partial charge in [0.15, 0.2) is 6.10 Å². The van der Waals surface area contributed by atoms with Crippen molar-refractivity contribution in [3.05, 3.63) is 24.3 Å². The Morgan fingerprint density at radius 2 is 0.981 bits per heavy atom. The van der Waals surface area contributed by atoms with E-state index < -0.39 is 51.8 Å². The Bertz CT molecular complexity index is 957. The number of esters is 2. The summed E-state index contributed by atoms with van der Waals surface area (Å²) in [5.41, 5.74) is 0. The van der Waals surface area contributed by atoms with Crippen molar-refractivity contribution < 1.29 is 47.8 Å². The van der Waals surface area contributed by atoms with E-state index in [4.69, 9.17) is 19.1 Å². The first kappa shape index (κ1) is 52.5. The van der Waals surface area contributed by atoms with E-state index in [1.165, 1.54) is 96.3 Å². The van der Waals surface area contributed by atoms with Gasteiger partial charge in [-0.05, 0) is 38.5 Å². The minimum atomic E-state index is -4.62. The number of unbranched alkanes of at least 4 members (excludes halogenated alkanes) is 23. The topological polar surface area (TPSA) is 149 Å². The maximum atomic E-state index is 12.6. The quantitative estimate of drug-likeness (QED) is 0.0236. The molecule has 0 aliphatic rings. The van der Waals surface area contributed by atoms with E-state index in [0.29, 0.717) is 12.8 Å². The molecule has 318 valence electrons. The summed E-state index contributed by atoms with van der Waals surface area (Å²) in [6, 6.07) is 0. The first-order valence-electron chi connectivity index (χ1n) is 21.8. The second-order valence-corrected chi connectivity index (χ2v) is 16.2. The molecule has 11 heteroatoms. The number of carbonyl (C=O) groups excluding carboxylic acids is 2. The van der Waals surface area contributed by atoms with Gasteiger partial charge in [-0.15, -0.1) is 0 Å². The minimum absolute atomic E-state index is 0.171. The number of phosphoric ester groups is 1. The number of ether oxygens (including phenoxy) is 2. The molecule has 10 nitrogen and oxygen atoms in total. The lowest BCUT2D eigenvalue weighted by atomic mass is 10.0. The van der Waals surface area contributed by atoms with E-state index in [0.717, 1.165) is 64.2 Å². The number of allylic oxidation sites excluding steroid dienone is 4. The van der Waals surface area contributed by atoms with Gasteiger partial charge in [0.2, 0.25) is 0 Å². The zero-order valence-electron chi connectivity index (χ0n) is 34.4. The van der Waals surface area contributed by atoms with Gasteiger partial charge in [-0.2, -0.15) is 0 Å². The molecule has 1 unspecified atom stereocenters. The molecular formula is C43H81O10P. The maximum absolute atomic E-state index is 12.6. The Morgan fingerprint density at radius 3 is 1.48 bits per heavy atom. The van der Waals surface area contributed by atoms with Crippen LogP contribution in [0.2, 0.25) is 0 Å². The number of hydrogen-bond donors (Lipinski definition) is 3. The fourth-order valence-corrected chi connectivity index (χ4v) is 6.74. The summed E-state index contributed by atoms with van der Waals surface area (Å²) in [6.45, 7) is 2.34. The predicted molar refractivity (Wildman–Crippen MR) is 219 cm³/mol. The van der Waals surface area contributed by atoms with E-state index >= 15 is 0 Å². The van der Waals surface area contributed by atoms with Crippen LogP contribution < -0.4 is 0 Å². The molecule has 0 amide bonds. The summed E-state index contributed by atoms with van der Waals surface area (Å²) in [6.07, 6.45) is 38.5. The molecule has 0 aliphatic heterocycles. The maximum Gasteiger partial charge on any atom is 0.472 e. The summed E-state index contributed by atoms with van der Waals surface area (Å²) < 4.78 is 32.7. The molecule has 0 bridgehead atoms. The normalized spacial score (nSPS) is 14.1. The van der Waals surface area contributed by atoms with Crippen molar-refractivity contribution in [1.29, 1.82) is 0 Å². The van der Waals surface area contributed by atoms with Gasteiger partial charge < -0.3 is 24.6 Å². The van der Waals surface area contributed by atoms with Crippen LogP contribution in [0.4, 0.5) is 0 Å². The standard InChI is InChI=1S/C43H81O10P/c1-3-5-7-9-11-13-15-17-19-20-21-23-24-26-28-30-32-34-42(46)50-38-41(39-52-54(48,49)51-37-40(45)36-44)53-43(47)35-33-31-29-27-25-22-18-16-14-12-10-8-6-4-2/h10,12,16,18,40-41,44-45H,3-9,11,13-15,17,19-39H2,1-2H3,(H,48,49)/b12-10+,18-16+/t40-,41+/m0/s1. The van der Waals surface area contributed by atoms with Gasteiger partial charge in [0.05, 0.1) is 19.8 Å². The smallest absolute Gasteiger partial charge is 0.462 e. The van der Waals surface area contributed by atoms with Crippen LogP contribution in [0, 0.1) is 0 Å². The van der Waals surface area contributed by atoms with Gasteiger partial charge in [-0.3, -0.25) is 18.6 Å². The Balaban J connectivity index is 4.27. The second kappa shape index (κ2) is 39.7. The van der Waals surface area contributed by atoms with Crippen LogP contribution in [0.15, 0.2) is 24.3 Å². The molecule has 0 aromatic rings. The van der Waals surface area contributed by atoms with Gasteiger partial charge in [0, 0.05) is 12.8 Å². The number of aliphatic hydroxyl groups is 2. The average molecular weight is 789 g/mol. The Morgan fingerprint density at radius 1 is 0.556 bits per heavy atom. The van der Waals surface area contributed by atoms with Gasteiger partial charge in [-0.1, -0.05) is 173 Å². The van der Waals surface area contributed by atoms with Crippen LogP contribution >= 0.6 is 7.82 Å². The monoisotopic (exact) mass is 789 g/mol. The fourth-order valence-electron chi connectivity index (χ4n) is 5.95. The molecule has 54 heavy (non-hydrogen) atoms. The Kier molecular flexibility index (Phi) is 38.5. The molecule has 0 heterocycles. The van der Waals surface area contributed by atoms with E-state index in [-0.39, 0.29) is 19.4 Å². The number of rotatable bonds is 41. The van der Waals surface area contributed by atoms with Crippen LogP contribution in [0.1, 0.15) is 200 Å². The fraction of sp³-hybridized carbons (Fsp3) is 0.860. The van der Waals surface area contributed by atoms with Crippen molar-refractivity contribution >= 4 is 19.8 Å². The summed E-state index contributed by atoms with van der Waals surface area (Å²) in [5, 5.41) is 18.3. The molecule has 0 saturated carbocycles. The molecule has 0 spiro atoms. The third-order valence-electron chi connectivity index (χ3n) is 9.36. The van der Waals surface area contributed by atoms with E-state index in [1.54, 1.807) is 0 Å². The zero-order chi connectivity index (χ0) is 39.8. The van der Waals surface area contributed by atoms with Crippen LogP contribution in [0.3, 0.4) is 0 Å². The first-order valence-corrected chi connectivity index (χ1v) is 23.3. The molecule has 3 atom stereocenters. The number of carbonyl (C=O) groups is 2. The highest BCUT2D eigenvalue weighted by atomic mass is 31.2. The van der Waals surface area contributed by atoms with Crippen LogP contribution in [0.25, 0.3) is 0 Å². The Labute approximate surface area is 329 Å². The summed E-state index contributed by atoms with van der Waals surface area (Å²) in [4.78, 5) is 35.0. The highest BCUT2D eigenvalue weighted by molar-refractivity contribution is 7.47. The molecule has 0 radical (unpaired) electrons. The van der Waals surface area contributed by atoms with Crippen molar-refractivity contribution in [3.63, 3.8) is 0 Å². The average Bonchev–Trinajstić information content (AvgIpc) is 3.16. The number of aliphatic hydroxyl groups excluding tert-OH is 2. The first-order chi connectivity index (χ1) is 26.2. The highest BCUT2D eigenvalue weighted by Crippen LogP contribution is 2.43. The molecule has 0 aromatic carbocycles. The van der Waals surface area contributed by atoms with Crippen molar-refractivity contribution in [1.82, 2.24) is 0 Å². The molecule has 0 aromatic heterocycles. The van der Waals surface area contributed by atoms with Crippen molar-refractivity contribution in [2.75, 3.05) is 26.4 Å². The van der Waals surface area contributed by atoms with Gasteiger partial charge >= 0.3 is 19.8 Å². The van der Waals surface area contributed by atoms with Gasteiger partial charge in [0.25, 0.3) is 0 Å². The highest BCUT2D eigenvalue weighted by Gasteiger charge is 2.27. The third-order valence-corrected chi connectivity index (χ3v) is 10.3. The zero-order valence-corrected chi connectivity index (χ0v) is 35.3. The third kappa shape index (κ3) is 38.7. The van der Waals surface area contributed by atoms with Crippen LogP contribution in [-0.2, 0) is 32.7 Å². The van der Waals surface area contributed by atoms with Crippen LogP contribution in [-0.4, -0.2) is 65.7 Å². The van der Waals surface area contributed by atoms with Crippen molar-refractivity contribution in [2.24, 2.45) is 0 Å². The molecule has 0 aliphatic carbocycles. The van der Waals surface area contributed by atoms with Gasteiger partial charge in [0.1, 0.15) is 12.7 Å². The lowest BCUT2D eigenvalue weighted by molar-refractivity contribution is -0.161. The van der Waals surface area contributed by atoms with Crippen LogP contribution in [0.5, 0.6) is 0 Å². The van der Waals surface area contributed by atoms with Crippen molar-refractivity contribution in [3.8, 4) is 0 Å². The minimum Gasteiger partial charge on any atom is -0.462 e. The number of phosphoric acid groups is 1. The van der Waals surface area contributed by atoms with Crippen molar-refractivity contribution in [2.45, 2.75) is 212 Å². The van der Waals surface area contributed by atoms with E-state index in [1.807, 2.05) is 0 Å².